The first-order valence-electron chi connectivity index (χ1n) is 8.37. The van der Waals surface area contributed by atoms with Gasteiger partial charge in [0.05, 0.1) is 25.3 Å². The molecule has 0 saturated carbocycles. The van der Waals surface area contributed by atoms with Crippen LogP contribution >= 0.6 is 0 Å². The molecule has 0 aliphatic heterocycles. The highest BCUT2D eigenvalue weighted by molar-refractivity contribution is 6.06. The number of fused-ring (bicyclic) bond motifs is 3. The molecule has 0 amide bonds. The summed E-state index contributed by atoms with van der Waals surface area (Å²) in [6.07, 6.45) is 0. The Kier molecular flexibility index (Phi) is 3.80. The lowest BCUT2D eigenvalue weighted by Crippen LogP contribution is -1.97. The van der Waals surface area contributed by atoms with Gasteiger partial charge in [0.2, 0.25) is 0 Å². The Bertz CT molecular complexity index is 1050. The van der Waals surface area contributed by atoms with Crippen LogP contribution in [-0.4, -0.2) is 23.8 Å². The molecule has 4 nitrogen and oxygen atoms in total. The van der Waals surface area contributed by atoms with Gasteiger partial charge >= 0.3 is 0 Å². The molecule has 4 heteroatoms. The maximum absolute atomic E-state index is 5.48. The van der Waals surface area contributed by atoms with Crippen molar-refractivity contribution in [3.8, 4) is 22.9 Å². The number of methoxy groups -OCH3 is 2. The van der Waals surface area contributed by atoms with Gasteiger partial charge in [0.1, 0.15) is 5.82 Å². The molecular weight excluding hydrogens is 312 g/mol. The van der Waals surface area contributed by atoms with Crippen molar-refractivity contribution >= 4 is 21.8 Å². The van der Waals surface area contributed by atoms with Gasteiger partial charge in [-0.25, -0.2) is 4.98 Å². The van der Waals surface area contributed by atoms with Crippen LogP contribution in [0, 0.1) is 0 Å². The zero-order chi connectivity index (χ0) is 17.4. The minimum Gasteiger partial charge on any atom is -0.493 e. The summed E-state index contributed by atoms with van der Waals surface area (Å²) in [5.74, 6) is 2.43. The molecule has 0 fully saturated rings. The van der Waals surface area contributed by atoms with E-state index < -0.39 is 0 Å². The Morgan fingerprint density at radius 2 is 1.64 bits per heavy atom. The Morgan fingerprint density at radius 3 is 2.32 bits per heavy atom. The Balaban J connectivity index is 2.06. The van der Waals surface area contributed by atoms with E-state index in [9.17, 15) is 0 Å². The number of nitrogens with zero attached hydrogens (tertiary/aromatic N) is 2. The molecule has 1 aromatic heterocycles. The molecule has 0 radical (unpaired) electrons. The summed E-state index contributed by atoms with van der Waals surface area (Å²) in [6, 6.07) is 18.6. The van der Waals surface area contributed by atoms with Crippen LogP contribution in [0.15, 0.2) is 54.6 Å². The maximum atomic E-state index is 5.48. The second kappa shape index (κ2) is 6.13. The summed E-state index contributed by atoms with van der Waals surface area (Å²) in [5, 5.41) is 2.16. The third-order valence-electron chi connectivity index (χ3n) is 4.59. The molecule has 0 bridgehead atoms. The average molecular weight is 332 g/mol. The molecule has 0 unspecified atom stereocenters. The Labute approximate surface area is 146 Å². The van der Waals surface area contributed by atoms with Crippen LogP contribution in [0.1, 0.15) is 6.92 Å². The van der Waals surface area contributed by atoms with E-state index in [1.807, 2.05) is 30.3 Å². The van der Waals surface area contributed by atoms with Crippen LogP contribution in [0.3, 0.4) is 0 Å². The third-order valence-corrected chi connectivity index (χ3v) is 4.59. The van der Waals surface area contributed by atoms with Gasteiger partial charge in [-0.05, 0) is 30.5 Å². The van der Waals surface area contributed by atoms with Gasteiger partial charge in [-0.2, -0.15) is 0 Å². The second-order valence-electron chi connectivity index (χ2n) is 5.91. The number of imidazole rings is 1. The van der Waals surface area contributed by atoms with E-state index in [2.05, 4.69) is 35.8 Å². The molecule has 4 rings (SSSR count). The summed E-state index contributed by atoms with van der Waals surface area (Å²) in [6.45, 7) is 3.01. The van der Waals surface area contributed by atoms with Crippen LogP contribution in [0.4, 0.5) is 0 Å². The molecular formula is C21H20N2O2. The second-order valence-corrected chi connectivity index (χ2v) is 5.91. The minimum absolute atomic E-state index is 0.717. The van der Waals surface area contributed by atoms with Gasteiger partial charge in [-0.15, -0.1) is 0 Å². The number of hydrogen-bond donors (Lipinski definition) is 0. The van der Waals surface area contributed by atoms with E-state index in [1.165, 1.54) is 0 Å². The normalized spacial score (nSPS) is 11.2. The standard InChI is InChI=1S/C21H20N2O2/c1-4-23-17-11-10-15-12-18(24-2)19(25-3)13-16(15)20(17)22-21(23)14-8-6-5-7-9-14/h5-13H,4H2,1-3H3. The number of ether oxygens (including phenoxy) is 2. The number of rotatable bonds is 4. The summed E-state index contributed by atoms with van der Waals surface area (Å²) < 4.78 is 13.2. The molecule has 0 atom stereocenters. The van der Waals surface area contributed by atoms with Gasteiger partial charge in [0.25, 0.3) is 0 Å². The highest BCUT2D eigenvalue weighted by Gasteiger charge is 2.15. The largest absolute Gasteiger partial charge is 0.493 e. The molecule has 4 aromatic rings. The van der Waals surface area contributed by atoms with Crippen molar-refractivity contribution in [2.24, 2.45) is 0 Å². The SMILES string of the molecule is CCn1c(-c2ccccc2)nc2c3cc(OC)c(OC)cc3ccc21. The van der Waals surface area contributed by atoms with Crippen molar-refractivity contribution in [3.63, 3.8) is 0 Å². The quantitative estimate of drug-likeness (QED) is 0.533. The van der Waals surface area contributed by atoms with Crippen molar-refractivity contribution in [2.75, 3.05) is 14.2 Å². The first kappa shape index (κ1) is 15.5. The number of aromatic nitrogens is 2. The molecule has 0 aliphatic carbocycles. The van der Waals surface area contributed by atoms with Gasteiger partial charge < -0.3 is 14.0 Å². The third kappa shape index (κ3) is 2.41. The fourth-order valence-corrected chi connectivity index (χ4v) is 3.37. The molecule has 3 aromatic carbocycles. The predicted molar refractivity (Wildman–Crippen MR) is 101 cm³/mol. The zero-order valence-corrected chi connectivity index (χ0v) is 14.6. The summed E-state index contributed by atoms with van der Waals surface area (Å²) in [4.78, 5) is 4.98. The Hall–Kier alpha value is -3.01. The van der Waals surface area contributed by atoms with Gasteiger partial charge in [0.15, 0.2) is 11.5 Å². The Morgan fingerprint density at radius 1 is 0.920 bits per heavy atom. The van der Waals surface area contributed by atoms with Crippen molar-refractivity contribution in [1.82, 2.24) is 9.55 Å². The van der Waals surface area contributed by atoms with E-state index in [-0.39, 0.29) is 0 Å². The monoisotopic (exact) mass is 332 g/mol. The van der Waals surface area contributed by atoms with E-state index in [0.29, 0.717) is 0 Å². The van der Waals surface area contributed by atoms with Gasteiger partial charge in [-0.3, -0.25) is 0 Å². The number of benzene rings is 3. The molecule has 25 heavy (non-hydrogen) atoms. The number of aryl methyl sites for hydroxylation is 1. The van der Waals surface area contributed by atoms with E-state index in [4.69, 9.17) is 14.5 Å². The van der Waals surface area contributed by atoms with Crippen molar-refractivity contribution < 1.29 is 9.47 Å². The van der Waals surface area contributed by atoms with Crippen LogP contribution in [0.2, 0.25) is 0 Å². The minimum atomic E-state index is 0.717. The summed E-state index contributed by atoms with van der Waals surface area (Å²) in [7, 11) is 3.31. The molecule has 0 saturated heterocycles. The van der Waals surface area contributed by atoms with E-state index in [1.54, 1.807) is 14.2 Å². The lowest BCUT2D eigenvalue weighted by atomic mass is 10.1. The molecule has 1 heterocycles. The summed E-state index contributed by atoms with van der Waals surface area (Å²) in [5.41, 5.74) is 3.23. The van der Waals surface area contributed by atoms with Crippen molar-refractivity contribution in [3.05, 3.63) is 54.6 Å². The van der Waals surface area contributed by atoms with Crippen LogP contribution < -0.4 is 9.47 Å². The lowest BCUT2D eigenvalue weighted by molar-refractivity contribution is 0.356. The number of hydrogen-bond acceptors (Lipinski definition) is 3. The fraction of sp³-hybridized carbons (Fsp3) is 0.190. The predicted octanol–water partition coefficient (Wildman–Crippen LogP) is 4.89. The van der Waals surface area contributed by atoms with Crippen LogP contribution in [-0.2, 0) is 6.54 Å². The molecule has 126 valence electrons. The van der Waals surface area contributed by atoms with E-state index >= 15 is 0 Å². The van der Waals surface area contributed by atoms with Crippen LogP contribution in [0.25, 0.3) is 33.2 Å². The maximum Gasteiger partial charge on any atom is 0.161 e. The van der Waals surface area contributed by atoms with E-state index in [0.717, 1.165) is 51.2 Å². The highest BCUT2D eigenvalue weighted by Crippen LogP contribution is 2.36. The smallest absolute Gasteiger partial charge is 0.161 e. The van der Waals surface area contributed by atoms with Crippen molar-refractivity contribution in [2.45, 2.75) is 13.5 Å². The highest BCUT2D eigenvalue weighted by atomic mass is 16.5. The molecule has 0 N–H and O–H groups in total. The van der Waals surface area contributed by atoms with Gasteiger partial charge in [-0.1, -0.05) is 36.4 Å². The van der Waals surface area contributed by atoms with Crippen LogP contribution in [0.5, 0.6) is 11.5 Å². The van der Waals surface area contributed by atoms with Crippen molar-refractivity contribution in [1.29, 1.82) is 0 Å². The molecule has 0 spiro atoms. The summed E-state index contributed by atoms with van der Waals surface area (Å²) >= 11 is 0. The van der Waals surface area contributed by atoms with Gasteiger partial charge in [0, 0.05) is 17.5 Å². The lowest BCUT2D eigenvalue weighted by Gasteiger charge is -2.10. The first-order chi connectivity index (χ1) is 12.3. The topological polar surface area (TPSA) is 36.3 Å². The molecule has 0 aliphatic rings. The zero-order valence-electron chi connectivity index (χ0n) is 14.6. The first-order valence-corrected chi connectivity index (χ1v) is 8.37. The fourth-order valence-electron chi connectivity index (χ4n) is 3.37. The average Bonchev–Trinajstić information content (AvgIpc) is 3.06.